The van der Waals surface area contributed by atoms with Gasteiger partial charge in [-0.1, -0.05) is 62.0 Å². The molecule has 0 aliphatic rings. The minimum atomic E-state index is 0. The first-order valence-electron chi connectivity index (χ1n) is 5.80. The molecule has 0 saturated carbocycles. The number of aromatic nitrogens is 1. The summed E-state index contributed by atoms with van der Waals surface area (Å²) in [5.41, 5.74) is 3.72. The molecule has 19 heavy (non-hydrogen) atoms. The van der Waals surface area contributed by atoms with Crippen LogP contribution >= 0.6 is 12.4 Å². The fourth-order valence-corrected chi connectivity index (χ4v) is 2.13. The summed E-state index contributed by atoms with van der Waals surface area (Å²) < 4.78 is 0. The second-order valence-corrected chi connectivity index (χ2v) is 4.15. The van der Waals surface area contributed by atoms with E-state index in [4.69, 9.17) is 0 Å². The van der Waals surface area contributed by atoms with Crippen molar-refractivity contribution >= 4 is 23.3 Å². The molecule has 0 atom stereocenters. The van der Waals surface area contributed by atoms with Crippen LogP contribution in [-0.2, 0) is 6.42 Å². The van der Waals surface area contributed by atoms with E-state index in [0.29, 0.717) is 0 Å². The van der Waals surface area contributed by atoms with E-state index in [2.05, 4.69) is 53.5 Å². The Kier molecular flexibility index (Phi) is 5.53. The molecule has 2 heteroatoms. The van der Waals surface area contributed by atoms with Gasteiger partial charge in [-0.15, -0.1) is 12.4 Å². The van der Waals surface area contributed by atoms with Gasteiger partial charge in [0, 0.05) is 11.6 Å². The summed E-state index contributed by atoms with van der Waals surface area (Å²) >= 11 is 0. The van der Waals surface area contributed by atoms with Crippen molar-refractivity contribution in [2.24, 2.45) is 0 Å². The van der Waals surface area contributed by atoms with E-state index in [1.165, 1.54) is 16.5 Å². The molecule has 3 rings (SSSR count). The van der Waals surface area contributed by atoms with Gasteiger partial charge in [0.15, 0.2) is 0 Å². The molecule has 1 heterocycles. The van der Waals surface area contributed by atoms with E-state index in [0.717, 1.165) is 11.9 Å². The maximum Gasteiger partial charge on any atom is 0.0737 e. The van der Waals surface area contributed by atoms with E-state index in [-0.39, 0.29) is 19.8 Å². The summed E-state index contributed by atoms with van der Waals surface area (Å²) in [5, 5.41) is 1.21. The molecule has 0 fully saturated rings. The van der Waals surface area contributed by atoms with Crippen LogP contribution in [0.2, 0.25) is 0 Å². The lowest BCUT2D eigenvalue weighted by atomic mass is 10.0. The van der Waals surface area contributed by atoms with Crippen LogP contribution in [0.25, 0.3) is 10.9 Å². The molecule has 0 spiro atoms. The van der Waals surface area contributed by atoms with Crippen molar-refractivity contribution in [2.45, 2.75) is 13.8 Å². The molecule has 0 saturated heterocycles. The third-order valence-corrected chi connectivity index (χ3v) is 2.95. The molecule has 0 unspecified atom stereocenters. The predicted molar refractivity (Wildman–Crippen MR) is 85.0 cm³/mol. The van der Waals surface area contributed by atoms with Crippen LogP contribution in [0.4, 0.5) is 0 Å². The zero-order valence-corrected chi connectivity index (χ0v) is 10.7. The molecular formula is C17H18ClN. The van der Waals surface area contributed by atoms with Crippen molar-refractivity contribution in [3.05, 3.63) is 78.0 Å². The summed E-state index contributed by atoms with van der Waals surface area (Å²) in [7, 11) is 0. The first-order valence-corrected chi connectivity index (χ1v) is 5.80. The van der Waals surface area contributed by atoms with Crippen LogP contribution in [0.5, 0.6) is 0 Å². The monoisotopic (exact) mass is 271 g/mol. The summed E-state index contributed by atoms with van der Waals surface area (Å²) in [5.74, 6) is 0. The van der Waals surface area contributed by atoms with Gasteiger partial charge in [-0.2, -0.15) is 0 Å². The van der Waals surface area contributed by atoms with Crippen molar-refractivity contribution in [1.82, 2.24) is 4.98 Å². The molecular weight excluding hydrogens is 254 g/mol. The fourth-order valence-electron chi connectivity index (χ4n) is 2.13. The van der Waals surface area contributed by atoms with Crippen LogP contribution in [0.3, 0.4) is 0 Å². The zero-order chi connectivity index (χ0) is 11.5. The normalized spacial score (nSPS) is 9.47. The molecule has 2 aromatic carbocycles. The first-order chi connectivity index (χ1) is 8.43. The maximum absolute atomic E-state index is 4.48. The first kappa shape index (κ1) is 15.2. The number of fused-ring (bicyclic) bond motifs is 1. The summed E-state index contributed by atoms with van der Waals surface area (Å²) in [6.45, 7) is 0. The Labute approximate surface area is 120 Å². The van der Waals surface area contributed by atoms with Crippen molar-refractivity contribution in [3.63, 3.8) is 0 Å². The number of nitrogens with zero attached hydrogens (tertiary/aromatic N) is 1. The van der Waals surface area contributed by atoms with Crippen molar-refractivity contribution in [2.75, 3.05) is 0 Å². The maximum atomic E-state index is 4.48. The SMILES string of the molecule is C.Cl.c1ccc(Cc2cccc3cccnc23)cc1. The Morgan fingerprint density at radius 2 is 1.53 bits per heavy atom. The molecule has 0 aliphatic heterocycles. The average Bonchev–Trinajstić information content (AvgIpc) is 2.40. The largest absolute Gasteiger partial charge is 0.256 e. The van der Waals surface area contributed by atoms with Gasteiger partial charge in [0.1, 0.15) is 0 Å². The molecule has 3 aromatic rings. The average molecular weight is 272 g/mol. The molecule has 0 amide bonds. The van der Waals surface area contributed by atoms with Gasteiger partial charge in [0.2, 0.25) is 0 Å². The fraction of sp³-hybridized carbons (Fsp3) is 0.118. The smallest absolute Gasteiger partial charge is 0.0737 e. The highest BCUT2D eigenvalue weighted by atomic mass is 35.5. The minimum absolute atomic E-state index is 0. The minimum Gasteiger partial charge on any atom is -0.256 e. The topological polar surface area (TPSA) is 12.9 Å². The Hall–Kier alpha value is -1.86. The van der Waals surface area contributed by atoms with Gasteiger partial charge in [0.05, 0.1) is 5.52 Å². The number of para-hydroxylation sites is 1. The van der Waals surface area contributed by atoms with Crippen molar-refractivity contribution in [1.29, 1.82) is 0 Å². The zero-order valence-electron chi connectivity index (χ0n) is 9.91. The quantitative estimate of drug-likeness (QED) is 0.647. The lowest BCUT2D eigenvalue weighted by Gasteiger charge is -2.05. The lowest BCUT2D eigenvalue weighted by Crippen LogP contribution is -1.91. The third kappa shape index (κ3) is 3.33. The van der Waals surface area contributed by atoms with Gasteiger partial charge in [-0.25, -0.2) is 0 Å². The van der Waals surface area contributed by atoms with E-state index in [1.54, 1.807) is 0 Å². The van der Waals surface area contributed by atoms with Gasteiger partial charge in [0.25, 0.3) is 0 Å². The molecule has 0 bridgehead atoms. The number of hydrogen-bond acceptors (Lipinski definition) is 1. The summed E-state index contributed by atoms with van der Waals surface area (Å²) in [6, 6.07) is 21.0. The Bertz CT molecular complexity index is 630. The van der Waals surface area contributed by atoms with Crippen LogP contribution in [0, 0.1) is 0 Å². The van der Waals surface area contributed by atoms with E-state index < -0.39 is 0 Å². The van der Waals surface area contributed by atoms with Gasteiger partial charge in [-0.3, -0.25) is 4.98 Å². The summed E-state index contributed by atoms with van der Waals surface area (Å²) in [4.78, 5) is 4.48. The number of benzene rings is 2. The summed E-state index contributed by atoms with van der Waals surface area (Å²) in [6.07, 6.45) is 2.80. The molecule has 1 aromatic heterocycles. The van der Waals surface area contributed by atoms with Crippen LogP contribution in [0.1, 0.15) is 18.6 Å². The number of hydrogen-bond donors (Lipinski definition) is 0. The van der Waals surface area contributed by atoms with Gasteiger partial charge < -0.3 is 0 Å². The molecule has 98 valence electrons. The third-order valence-electron chi connectivity index (χ3n) is 2.95. The Balaban J connectivity index is 0.000000902. The Morgan fingerprint density at radius 3 is 2.32 bits per heavy atom. The van der Waals surface area contributed by atoms with E-state index in [1.807, 2.05) is 18.3 Å². The van der Waals surface area contributed by atoms with Crippen molar-refractivity contribution < 1.29 is 0 Å². The highest BCUT2D eigenvalue weighted by Crippen LogP contribution is 2.18. The van der Waals surface area contributed by atoms with Crippen molar-refractivity contribution in [3.8, 4) is 0 Å². The molecule has 1 nitrogen and oxygen atoms in total. The van der Waals surface area contributed by atoms with Crippen LogP contribution in [0.15, 0.2) is 66.9 Å². The second-order valence-electron chi connectivity index (χ2n) is 4.15. The molecule has 0 aliphatic carbocycles. The number of pyridine rings is 1. The highest BCUT2D eigenvalue weighted by Gasteiger charge is 2.02. The van der Waals surface area contributed by atoms with Gasteiger partial charge in [-0.05, 0) is 23.6 Å². The standard InChI is InChI=1S/C16H13N.CH4.ClH/c1-2-6-13(7-3-1)12-15-9-4-8-14-10-5-11-17-16(14)15;;/h1-11H,12H2;1H4;1H. The molecule has 0 N–H and O–H groups in total. The van der Waals surface area contributed by atoms with Crippen LogP contribution < -0.4 is 0 Å². The number of rotatable bonds is 2. The second kappa shape index (κ2) is 6.91. The van der Waals surface area contributed by atoms with Crippen LogP contribution in [-0.4, -0.2) is 4.98 Å². The van der Waals surface area contributed by atoms with Gasteiger partial charge >= 0.3 is 0 Å². The lowest BCUT2D eigenvalue weighted by molar-refractivity contribution is 1.19. The highest BCUT2D eigenvalue weighted by molar-refractivity contribution is 5.85. The Morgan fingerprint density at radius 1 is 0.789 bits per heavy atom. The molecule has 0 radical (unpaired) electrons. The van der Waals surface area contributed by atoms with E-state index in [9.17, 15) is 0 Å². The number of halogens is 1. The predicted octanol–water partition coefficient (Wildman–Crippen LogP) is 4.88. The van der Waals surface area contributed by atoms with E-state index >= 15 is 0 Å².